The first-order valence-corrected chi connectivity index (χ1v) is 9.81. The molecule has 3 rings (SSSR count). The number of thiazole rings is 1. The van der Waals surface area contributed by atoms with Gasteiger partial charge in [0.15, 0.2) is 6.10 Å². The number of nitriles is 1. The summed E-state index contributed by atoms with van der Waals surface area (Å²) in [4.78, 5) is 33.9. The first kappa shape index (κ1) is 19.8. The van der Waals surface area contributed by atoms with E-state index in [4.69, 9.17) is 10.00 Å². The number of carbonyl (C=O) groups excluding carboxylic acids is 2. The summed E-state index contributed by atoms with van der Waals surface area (Å²) < 4.78 is 5.73. The monoisotopic (exact) mass is 398 g/mol. The van der Waals surface area contributed by atoms with Crippen LogP contribution in [0.25, 0.3) is 11.3 Å². The molecule has 0 saturated carbocycles. The highest BCUT2D eigenvalue weighted by atomic mass is 32.1. The molecule has 1 aliphatic rings. The predicted molar refractivity (Wildman–Crippen MR) is 107 cm³/mol. The van der Waals surface area contributed by atoms with Gasteiger partial charge in [0.25, 0.3) is 5.91 Å². The second-order valence-corrected chi connectivity index (χ2v) is 8.14. The molecule has 0 saturated heterocycles. The molecule has 8 heteroatoms. The number of aryl methyl sites for hydroxylation is 2. The fraction of sp³-hybridized carbons (Fsp3) is 0.400. The van der Waals surface area contributed by atoms with E-state index in [-0.39, 0.29) is 24.8 Å². The van der Waals surface area contributed by atoms with Crippen LogP contribution in [0.3, 0.4) is 0 Å². The maximum absolute atomic E-state index is 12.7. The lowest BCUT2D eigenvalue weighted by Gasteiger charge is -2.33. The van der Waals surface area contributed by atoms with Crippen LogP contribution in [0.15, 0.2) is 18.2 Å². The van der Waals surface area contributed by atoms with Crippen molar-refractivity contribution >= 4 is 28.8 Å². The van der Waals surface area contributed by atoms with Gasteiger partial charge in [-0.15, -0.1) is 11.3 Å². The summed E-state index contributed by atoms with van der Waals surface area (Å²) in [7, 11) is 1.63. The summed E-state index contributed by atoms with van der Waals surface area (Å²) in [5.74, 6) is 0.0699. The molecule has 1 unspecified atom stereocenters. The molecule has 0 radical (unpaired) electrons. The van der Waals surface area contributed by atoms with Crippen molar-refractivity contribution in [2.45, 2.75) is 33.3 Å². The molecule has 7 nitrogen and oxygen atoms in total. The Morgan fingerprint density at radius 1 is 1.43 bits per heavy atom. The molecule has 0 bridgehead atoms. The first-order chi connectivity index (χ1) is 13.3. The van der Waals surface area contributed by atoms with Gasteiger partial charge in [0, 0.05) is 24.0 Å². The fourth-order valence-corrected chi connectivity index (χ4v) is 3.95. The van der Waals surface area contributed by atoms with Gasteiger partial charge in [-0.25, -0.2) is 4.98 Å². The minimum absolute atomic E-state index is 0.0972. The van der Waals surface area contributed by atoms with Crippen molar-refractivity contribution in [2.24, 2.45) is 0 Å². The molecule has 2 amide bonds. The molecular formula is C20H22N4O3S. The lowest BCUT2D eigenvalue weighted by molar-refractivity contribution is -0.132. The van der Waals surface area contributed by atoms with Crippen molar-refractivity contribution in [3.8, 4) is 23.1 Å². The van der Waals surface area contributed by atoms with Gasteiger partial charge in [-0.3, -0.25) is 14.5 Å². The Hall–Kier alpha value is -2.92. The molecule has 0 spiro atoms. The minimum atomic E-state index is -0.668. The second-order valence-electron chi connectivity index (χ2n) is 6.73. The van der Waals surface area contributed by atoms with Crippen molar-refractivity contribution in [2.75, 3.05) is 25.0 Å². The van der Waals surface area contributed by atoms with E-state index < -0.39 is 6.10 Å². The molecule has 28 heavy (non-hydrogen) atoms. The van der Waals surface area contributed by atoms with E-state index in [1.54, 1.807) is 25.3 Å². The van der Waals surface area contributed by atoms with Crippen LogP contribution in [0.5, 0.6) is 5.75 Å². The number of fused-ring (bicyclic) bond motifs is 1. The molecule has 2 aromatic rings. The molecule has 146 valence electrons. The van der Waals surface area contributed by atoms with Crippen molar-refractivity contribution in [3.05, 3.63) is 28.1 Å². The Bertz CT molecular complexity index is 963. The number of aromatic nitrogens is 1. The van der Waals surface area contributed by atoms with E-state index in [1.165, 1.54) is 9.80 Å². The van der Waals surface area contributed by atoms with Gasteiger partial charge < -0.3 is 9.64 Å². The molecule has 1 aromatic heterocycles. The minimum Gasteiger partial charge on any atom is -0.479 e. The van der Waals surface area contributed by atoms with Gasteiger partial charge in [-0.2, -0.15) is 5.26 Å². The normalized spacial score (nSPS) is 15.6. The Kier molecular flexibility index (Phi) is 5.66. The van der Waals surface area contributed by atoms with Crippen molar-refractivity contribution < 1.29 is 14.3 Å². The highest BCUT2D eigenvalue weighted by Gasteiger charge is 2.33. The molecule has 1 atom stereocenters. The van der Waals surface area contributed by atoms with Gasteiger partial charge >= 0.3 is 0 Å². The number of rotatable bonds is 5. The second kappa shape index (κ2) is 7.98. The van der Waals surface area contributed by atoms with Gasteiger partial charge in [0.1, 0.15) is 12.3 Å². The number of nitrogens with zero attached hydrogens (tertiary/aromatic N) is 4. The molecule has 2 heterocycles. The average Bonchev–Trinajstić information content (AvgIpc) is 3.01. The lowest BCUT2D eigenvalue weighted by atomic mass is 10.1. The summed E-state index contributed by atoms with van der Waals surface area (Å²) in [6.45, 7) is 5.86. The summed E-state index contributed by atoms with van der Waals surface area (Å²) in [5.41, 5.74) is 2.31. The van der Waals surface area contributed by atoms with Gasteiger partial charge in [0.05, 0.1) is 28.9 Å². The largest absolute Gasteiger partial charge is 0.479 e. The maximum atomic E-state index is 12.7. The van der Waals surface area contributed by atoms with E-state index in [2.05, 4.69) is 4.98 Å². The van der Waals surface area contributed by atoms with Gasteiger partial charge in [0.2, 0.25) is 5.91 Å². The summed E-state index contributed by atoms with van der Waals surface area (Å²) >= 11 is 1.62. The van der Waals surface area contributed by atoms with E-state index in [0.29, 0.717) is 18.0 Å². The zero-order chi connectivity index (χ0) is 20.4. The number of benzene rings is 1. The number of carbonyl (C=O) groups is 2. The zero-order valence-electron chi connectivity index (χ0n) is 16.4. The fourth-order valence-electron chi connectivity index (χ4n) is 3.11. The average molecular weight is 398 g/mol. The van der Waals surface area contributed by atoms with Gasteiger partial charge in [-0.05, 0) is 39.0 Å². The Balaban J connectivity index is 1.95. The molecule has 0 aliphatic carbocycles. The third-order valence-electron chi connectivity index (χ3n) is 4.62. The standard InChI is InChI=1S/C20H22N4O3S/c1-12-20(26)24(11-18(25)23(4)9-5-8-21)16-10-15(6-7-17(16)27-12)19-13(2)28-14(3)22-19/h6-7,10,12H,5,9,11H2,1-4H3. The summed E-state index contributed by atoms with van der Waals surface area (Å²) in [6, 6.07) is 7.61. The molecular weight excluding hydrogens is 376 g/mol. The number of hydrogen-bond donors (Lipinski definition) is 0. The van der Waals surface area contributed by atoms with Gasteiger partial charge in [-0.1, -0.05) is 0 Å². The Morgan fingerprint density at radius 2 is 2.18 bits per heavy atom. The maximum Gasteiger partial charge on any atom is 0.268 e. The van der Waals surface area contributed by atoms with Crippen LogP contribution in [-0.4, -0.2) is 47.9 Å². The molecule has 0 N–H and O–H groups in total. The summed E-state index contributed by atoms with van der Waals surface area (Å²) in [5, 5.41) is 9.68. The molecule has 0 fully saturated rings. The van der Waals surface area contributed by atoms with Crippen LogP contribution in [0, 0.1) is 25.2 Å². The third-order valence-corrected chi connectivity index (χ3v) is 5.51. The van der Waals surface area contributed by atoms with E-state index in [0.717, 1.165) is 21.1 Å². The van der Waals surface area contributed by atoms with Crippen LogP contribution < -0.4 is 9.64 Å². The zero-order valence-corrected chi connectivity index (χ0v) is 17.2. The molecule has 1 aromatic carbocycles. The highest BCUT2D eigenvalue weighted by Crippen LogP contribution is 2.38. The Morgan fingerprint density at radius 3 is 2.82 bits per heavy atom. The number of likely N-dealkylation sites (N-methyl/N-ethyl adjacent to an activating group) is 1. The van der Waals surface area contributed by atoms with Crippen molar-refractivity contribution in [1.29, 1.82) is 5.26 Å². The predicted octanol–water partition coefficient (Wildman–Crippen LogP) is 2.91. The van der Waals surface area contributed by atoms with Crippen LogP contribution in [0.2, 0.25) is 0 Å². The lowest BCUT2D eigenvalue weighted by Crippen LogP contribution is -2.49. The summed E-state index contributed by atoms with van der Waals surface area (Å²) in [6.07, 6.45) is -0.419. The smallest absolute Gasteiger partial charge is 0.268 e. The quantitative estimate of drug-likeness (QED) is 0.773. The van der Waals surface area contributed by atoms with Crippen LogP contribution in [-0.2, 0) is 9.59 Å². The van der Waals surface area contributed by atoms with Crippen molar-refractivity contribution in [3.63, 3.8) is 0 Å². The highest BCUT2D eigenvalue weighted by molar-refractivity contribution is 7.11. The number of hydrogen-bond acceptors (Lipinski definition) is 6. The van der Waals surface area contributed by atoms with Crippen LogP contribution >= 0.6 is 11.3 Å². The van der Waals surface area contributed by atoms with Crippen LogP contribution in [0.4, 0.5) is 5.69 Å². The van der Waals surface area contributed by atoms with Crippen molar-refractivity contribution in [1.82, 2.24) is 9.88 Å². The third kappa shape index (κ3) is 3.85. The SMILES string of the molecule is Cc1nc(-c2ccc3c(c2)N(CC(=O)N(C)CCC#N)C(=O)C(C)O3)c(C)s1. The number of anilines is 1. The number of ether oxygens (including phenoxy) is 1. The number of amides is 2. The first-order valence-electron chi connectivity index (χ1n) is 8.99. The topological polar surface area (TPSA) is 86.5 Å². The van der Waals surface area contributed by atoms with E-state index in [1.807, 2.05) is 38.1 Å². The Labute approximate surface area is 168 Å². The molecule has 1 aliphatic heterocycles. The van der Waals surface area contributed by atoms with Crippen LogP contribution in [0.1, 0.15) is 23.2 Å². The van der Waals surface area contributed by atoms with E-state index in [9.17, 15) is 9.59 Å². The van der Waals surface area contributed by atoms with E-state index >= 15 is 0 Å².